The van der Waals surface area contributed by atoms with Crippen LogP contribution in [0.25, 0.3) is 10.9 Å². The van der Waals surface area contributed by atoms with Crippen molar-refractivity contribution in [3.8, 4) is 0 Å². The minimum absolute atomic E-state index is 0.0326. The smallest absolute Gasteiger partial charge is 0.245 e. The highest BCUT2D eigenvalue weighted by atomic mass is 32.2. The third-order valence-corrected chi connectivity index (χ3v) is 8.87. The molecule has 1 fully saturated rings. The van der Waals surface area contributed by atoms with E-state index in [0.717, 1.165) is 22.8 Å². The molecule has 2 aromatic carbocycles. The number of nitrogens with one attached hydrogen (secondary N) is 1. The number of benzene rings is 2. The van der Waals surface area contributed by atoms with Gasteiger partial charge in [0.1, 0.15) is 21.4 Å². The van der Waals surface area contributed by atoms with Gasteiger partial charge in [0.2, 0.25) is 15.8 Å². The highest BCUT2D eigenvalue weighted by molar-refractivity contribution is 7.89. The third kappa shape index (κ3) is 4.62. The van der Waals surface area contributed by atoms with E-state index in [1.165, 1.54) is 22.5 Å². The Hall–Kier alpha value is -3.41. The third-order valence-electron chi connectivity index (χ3n) is 5.94. The first kappa shape index (κ1) is 23.3. The molecule has 1 aliphatic heterocycles. The predicted octanol–water partition coefficient (Wildman–Crippen LogP) is 3.91. The number of nitrogens with zero attached hydrogens (tertiary/aromatic N) is 3. The zero-order valence-electron chi connectivity index (χ0n) is 18.5. The van der Waals surface area contributed by atoms with E-state index in [0.29, 0.717) is 36.6 Å². The number of hydrogen-bond donors (Lipinski definition) is 2. The van der Waals surface area contributed by atoms with Crippen LogP contribution in [0.15, 0.2) is 65.7 Å². The molecule has 35 heavy (non-hydrogen) atoms. The average molecular weight is 512 g/mol. The van der Waals surface area contributed by atoms with Crippen LogP contribution in [-0.4, -0.2) is 47.6 Å². The van der Waals surface area contributed by atoms with Crippen molar-refractivity contribution in [2.24, 2.45) is 0 Å². The van der Waals surface area contributed by atoms with Crippen LogP contribution >= 0.6 is 11.3 Å². The number of pyridine rings is 1. The van der Waals surface area contributed by atoms with Gasteiger partial charge in [0, 0.05) is 36.3 Å². The summed E-state index contributed by atoms with van der Waals surface area (Å²) in [6, 6.07) is 14.2. The number of nitrogens with two attached hydrogens (primary N) is 1. The normalized spacial score (nSPS) is 15.3. The molecule has 0 spiro atoms. The van der Waals surface area contributed by atoms with Crippen molar-refractivity contribution in [3.05, 3.63) is 77.1 Å². The molecule has 1 saturated heterocycles. The van der Waals surface area contributed by atoms with Crippen LogP contribution in [0.3, 0.4) is 0 Å². The lowest BCUT2D eigenvalue weighted by atomic mass is 10.1. The lowest BCUT2D eigenvalue weighted by molar-refractivity contribution is 0.104. The van der Waals surface area contributed by atoms with E-state index in [4.69, 9.17) is 5.73 Å². The lowest BCUT2D eigenvalue weighted by Crippen LogP contribution is -2.42. The van der Waals surface area contributed by atoms with Gasteiger partial charge in [0.15, 0.2) is 5.13 Å². The molecule has 2 aromatic heterocycles. The topological polar surface area (TPSA) is 118 Å². The predicted molar refractivity (Wildman–Crippen MR) is 134 cm³/mol. The van der Waals surface area contributed by atoms with Crippen molar-refractivity contribution in [2.45, 2.75) is 23.8 Å². The zero-order valence-corrected chi connectivity index (χ0v) is 20.2. The van der Waals surface area contributed by atoms with Crippen molar-refractivity contribution in [1.29, 1.82) is 0 Å². The average Bonchev–Trinajstić information content (AvgIpc) is 3.23. The summed E-state index contributed by atoms with van der Waals surface area (Å²) in [4.78, 5) is 21.7. The molecular weight excluding hydrogens is 489 g/mol. The van der Waals surface area contributed by atoms with Crippen LogP contribution < -0.4 is 11.1 Å². The molecule has 0 aliphatic carbocycles. The Labute approximate surface area is 205 Å². The summed E-state index contributed by atoms with van der Waals surface area (Å²) >= 11 is 1.11. The Bertz CT molecular complexity index is 1510. The van der Waals surface area contributed by atoms with Gasteiger partial charge in [-0.05, 0) is 37.1 Å². The number of fused-ring (bicyclic) bond motifs is 1. The standard InChI is InChI=1S/C24H22FN5O3S2/c25-17-7-1-5-16(14-17)21(31)22-23(26)29-24(34-22)28-18-9-12-30(13-10-18)35(32,33)19-8-2-4-15-6-3-11-27-20(15)19/h1-8,11,14,18H,9-10,12-13,26H2,(H,28,29). The summed E-state index contributed by atoms with van der Waals surface area (Å²) in [6.07, 6.45) is 2.71. The largest absolute Gasteiger partial charge is 0.382 e. The molecule has 11 heteroatoms. The van der Waals surface area contributed by atoms with Gasteiger partial charge >= 0.3 is 0 Å². The lowest BCUT2D eigenvalue weighted by Gasteiger charge is -2.31. The van der Waals surface area contributed by atoms with Crippen LogP contribution in [0, 0.1) is 5.82 Å². The number of nitrogen functional groups attached to an aromatic ring is 1. The Morgan fingerprint density at radius 3 is 2.63 bits per heavy atom. The summed E-state index contributed by atoms with van der Waals surface area (Å²) < 4.78 is 41.6. The zero-order chi connectivity index (χ0) is 24.6. The fourth-order valence-electron chi connectivity index (χ4n) is 4.16. The highest BCUT2D eigenvalue weighted by Gasteiger charge is 2.31. The second kappa shape index (κ2) is 9.33. The summed E-state index contributed by atoms with van der Waals surface area (Å²) in [5.41, 5.74) is 6.63. The van der Waals surface area contributed by atoms with Gasteiger partial charge in [-0.2, -0.15) is 4.31 Å². The quantitative estimate of drug-likeness (QED) is 0.377. The fraction of sp³-hybridized carbons (Fsp3) is 0.208. The molecule has 180 valence electrons. The minimum atomic E-state index is -3.70. The van der Waals surface area contributed by atoms with Gasteiger partial charge in [0.25, 0.3) is 0 Å². The number of piperidine rings is 1. The van der Waals surface area contributed by atoms with E-state index in [2.05, 4.69) is 15.3 Å². The van der Waals surface area contributed by atoms with Crippen molar-refractivity contribution in [3.63, 3.8) is 0 Å². The second-order valence-corrected chi connectivity index (χ2v) is 11.1. The molecule has 0 atom stereocenters. The SMILES string of the molecule is Nc1nc(NC2CCN(S(=O)(=O)c3cccc4cccnc34)CC2)sc1C(=O)c1cccc(F)c1. The molecule has 5 rings (SSSR count). The van der Waals surface area contributed by atoms with E-state index in [9.17, 15) is 17.6 Å². The molecule has 0 radical (unpaired) electrons. The van der Waals surface area contributed by atoms with Gasteiger partial charge < -0.3 is 11.1 Å². The summed E-state index contributed by atoms with van der Waals surface area (Å²) in [6.45, 7) is 0.665. The van der Waals surface area contributed by atoms with Gasteiger partial charge in [-0.15, -0.1) is 0 Å². The van der Waals surface area contributed by atoms with E-state index < -0.39 is 21.6 Å². The van der Waals surface area contributed by atoms with Crippen molar-refractivity contribution in [1.82, 2.24) is 14.3 Å². The van der Waals surface area contributed by atoms with E-state index >= 15 is 0 Å². The molecule has 1 aliphatic rings. The van der Waals surface area contributed by atoms with Gasteiger partial charge in [-0.1, -0.05) is 41.7 Å². The van der Waals surface area contributed by atoms with E-state index in [1.807, 2.05) is 12.1 Å². The van der Waals surface area contributed by atoms with Crippen molar-refractivity contribution in [2.75, 3.05) is 24.1 Å². The number of anilines is 2. The van der Waals surface area contributed by atoms with Gasteiger partial charge in [-0.25, -0.2) is 17.8 Å². The molecule has 0 amide bonds. The molecule has 0 saturated carbocycles. The number of hydrogen-bond acceptors (Lipinski definition) is 8. The Kier molecular flexibility index (Phi) is 6.22. The second-order valence-electron chi connectivity index (χ2n) is 8.23. The first-order valence-corrected chi connectivity index (χ1v) is 13.3. The van der Waals surface area contributed by atoms with Crippen LogP contribution in [0.1, 0.15) is 28.1 Å². The highest BCUT2D eigenvalue weighted by Crippen LogP contribution is 2.31. The molecule has 0 bridgehead atoms. The number of ketones is 1. The Morgan fingerprint density at radius 2 is 1.86 bits per heavy atom. The number of aromatic nitrogens is 2. The van der Waals surface area contributed by atoms with Crippen molar-refractivity contribution < 1.29 is 17.6 Å². The monoisotopic (exact) mass is 511 g/mol. The number of halogens is 1. The summed E-state index contributed by atoms with van der Waals surface area (Å²) in [5.74, 6) is -0.814. The number of rotatable bonds is 6. The number of para-hydroxylation sites is 1. The van der Waals surface area contributed by atoms with E-state index in [1.54, 1.807) is 24.4 Å². The molecule has 0 unspecified atom stereocenters. The first-order chi connectivity index (χ1) is 16.8. The Morgan fingerprint density at radius 1 is 1.11 bits per heavy atom. The number of carbonyl (C=O) groups is 1. The van der Waals surface area contributed by atoms with Crippen molar-refractivity contribution >= 4 is 49.0 Å². The molecule has 3 heterocycles. The minimum Gasteiger partial charge on any atom is -0.382 e. The summed E-state index contributed by atoms with van der Waals surface area (Å²) in [7, 11) is -3.70. The van der Waals surface area contributed by atoms with Crippen LogP contribution in [-0.2, 0) is 10.0 Å². The molecule has 8 nitrogen and oxygen atoms in total. The van der Waals surface area contributed by atoms with Crippen LogP contribution in [0.4, 0.5) is 15.3 Å². The summed E-state index contributed by atoms with van der Waals surface area (Å²) in [5, 5.41) is 4.52. The van der Waals surface area contributed by atoms with Crippen LogP contribution in [0.5, 0.6) is 0 Å². The number of thiazole rings is 1. The molecule has 3 N–H and O–H groups in total. The maximum absolute atomic E-state index is 13.5. The van der Waals surface area contributed by atoms with E-state index in [-0.39, 0.29) is 27.2 Å². The van der Waals surface area contributed by atoms with Gasteiger partial charge in [-0.3, -0.25) is 9.78 Å². The maximum Gasteiger partial charge on any atom is 0.245 e. The number of sulfonamides is 1. The van der Waals surface area contributed by atoms with Crippen LogP contribution in [0.2, 0.25) is 0 Å². The fourth-order valence-corrected chi connectivity index (χ4v) is 6.71. The molecular formula is C24H22FN5O3S2. The maximum atomic E-state index is 13.5. The Balaban J connectivity index is 1.27. The van der Waals surface area contributed by atoms with Gasteiger partial charge in [0.05, 0.1) is 5.52 Å². The molecule has 4 aromatic rings. The number of carbonyl (C=O) groups excluding carboxylic acids is 1. The first-order valence-electron chi connectivity index (χ1n) is 11.0.